The first kappa shape index (κ1) is 12.5. The quantitative estimate of drug-likeness (QED) is 0.866. The van der Waals surface area contributed by atoms with Crippen LogP contribution in [0.5, 0.6) is 0 Å². The van der Waals surface area contributed by atoms with Crippen molar-refractivity contribution in [3.8, 4) is 0 Å². The van der Waals surface area contributed by atoms with Crippen molar-refractivity contribution in [1.82, 2.24) is 14.8 Å². The fraction of sp³-hybridized carbons (Fsp3) is 0.833. The summed E-state index contributed by atoms with van der Waals surface area (Å²) in [5.41, 5.74) is 5.70. The third kappa shape index (κ3) is 2.66. The molecule has 1 aliphatic rings. The number of nitrogens with two attached hydrogens (primary N) is 1. The molecule has 1 aromatic rings. The van der Waals surface area contributed by atoms with Gasteiger partial charge in [-0.1, -0.05) is 13.8 Å². The van der Waals surface area contributed by atoms with E-state index in [1.165, 1.54) is 0 Å². The van der Waals surface area contributed by atoms with Gasteiger partial charge >= 0.3 is 0 Å². The Labute approximate surface area is 102 Å². The monoisotopic (exact) mass is 238 g/mol. The lowest BCUT2D eigenvalue weighted by Gasteiger charge is -2.15. The van der Waals surface area contributed by atoms with E-state index in [-0.39, 0.29) is 6.10 Å². The van der Waals surface area contributed by atoms with Crippen LogP contribution < -0.4 is 5.73 Å². The maximum atomic E-state index is 5.86. The number of ether oxygens (including phenoxy) is 1. The molecule has 1 aromatic heterocycles. The van der Waals surface area contributed by atoms with E-state index in [1.807, 2.05) is 0 Å². The normalized spacial score (nSPS) is 24.8. The van der Waals surface area contributed by atoms with Crippen LogP contribution in [0.15, 0.2) is 0 Å². The lowest BCUT2D eigenvalue weighted by molar-refractivity contribution is 0.0475. The van der Waals surface area contributed by atoms with Crippen LogP contribution in [0.25, 0.3) is 0 Å². The van der Waals surface area contributed by atoms with E-state index in [4.69, 9.17) is 10.5 Å². The first-order chi connectivity index (χ1) is 8.11. The van der Waals surface area contributed by atoms with E-state index in [1.54, 1.807) is 0 Å². The fourth-order valence-electron chi connectivity index (χ4n) is 2.29. The number of hydrogen-bond acceptors (Lipinski definition) is 4. The molecule has 2 unspecified atom stereocenters. The molecule has 5 nitrogen and oxygen atoms in total. The highest BCUT2D eigenvalue weighted by atomic mass is 16.5. The zero-order valence-corrected chi connectivity index (χ0v) is 10.9. The van der Waals surface area contributed by atoms with Crippen molar-refractivity contribution in [2.24, 2.45) is 11.7 Å². The lowest BCUT2D eigenvalue weighted by atomic mass is 10.2. The van der Waals surface area contributed by atoms with Crippen LogP contribution in [0.2, 0.25) is 0 Å². The molecule has 0 aliphatic carbocycles. The zero-order chi connectivity index (χ0) is 12.4. The first-order valence-corrected chi connectivity index (χ1v) is 6.39. The largest absolute Gasteiger partial charge is 0.367 e. The second kappa shape index (κ2) is 5.14. The molecule has 2 rings (SSSR count). The van der Waals surface area contributed by atoms with Gasteiger partial charge in [0, 0.05) is 6.54 Å². The van der Waals surface area contributed by atoms with Crippen LogP contribution in [-0.2, 0) is 17.8 Å². The van der Waals surface area contributed by atoms with Crippen molar-refractivity contribution >= 4 is 0 Å². The first-order valence-electron chi connectivity index (χ1n) is 6.39. The van der Waals surface area contributed by atoms with Gasteiger partial charge in [0.15, 0.2) is 5.82 Å². The SMILES string of the molecule is CC(C)Cn1c(CN)nnc1C1CCC(C)O1. The average Bonchev–Trinajstić information content (AvgIpc) is 2.84. The van der Waals surface area contributed by atoms with Gasteiger partial charge in [-0.05, 0) is 25.7 Å². The van der Waals surface area contributed by atoms with Crippen molar-refractivity contribution in [3.63, 3.8) is 0 Å². The maximum absolute atomic E-state index is 5.86. The molecular formula is C12H22N4O. The second-order valence-electron chi connectivity index (χ2n) is 5.20. The molecule has 2 heterocycles. The van der Waals surface area contributed by atoms with Crippen LogP contribution in [-0.4, -0.2) is 20.9 Å². The highest BCUT2D eigenvalue weighted by Crippen LogP contribution is 2.31. The number of hydrogen-bond donors (Lipinski definition) is 1. The van der Waals surface area contributed by atoms with Crippen LogP contribution >= 0.6 is 0 Å². The Morgan fingerprint density at radius 3 is 2.71 bits per heavy atom. The molecule has 0 bridgehead atoms. The molecule has 1 saturated heterocycles. The number of rotatable bonds is 4. The molecule has 96 valence electrons. The molecule has 0 amide bonds. The minimum Gasteiger partial charge on any atom is -0.367 e. The Morgan fingerprint density at radius 1 is 1.41 bits per heavy atom. The fourth-order valence-corrected chi connectivity index (χ4v) is 2.29. The Kier molecular flexibility index (Phi) is 3.79. The molecule has 0 aromatic carbocycles. The molecule has 0 radical (unpaired) electrons. The average molecular weight is 238 g/mol. The van der Waals surface area contributed by atoms with Crippen LogP contribution in [0, 0.1) is 5.92 Å². The Morgan fingerprint density at radius 2 is 2.18 bits per heavy atom. The molecule has 1 fully saturated rings. The summed E-state index contributed by atoms with van der Waals surface area (Å²) in [4.78, 5) is 0. The van der Waals surface area contributed by atoms with Gasteiger partial charge in [-0.25, -0.2) is 0 Å². The third-order valence-corrected chi connectivity index (χ3v) is 3.11. The summed E-state index contributed by atoms with van der Waals surface area (Å²) < 4.78 is 8.00. The van der Waals surface area contributed by atoms with Crippen LogP contribution in [0.4, 0.5) is 0 Å². The van der Waals surface area contributed by atoms with Crippen molar-refractivity contribution in [2.45, 2.75) is 58.9 Å². The van der Waals surface area contributed by atoms with E-state index in [2.05, 4.69) is 35.5 Å². The Hall–Kier alpha value is -0.940. The number of aromatic nitrogens is 3. The van der Waals surface area contributed by atoms with Crippen molar-refractivity contribution in [1.29, 1.82) is 0 Å². The van der Waals surface area contributed by atoms with Gasteiger partial charge in [0.1, 0.15) is 11.9 Å². The summed E-state index contributed by atoms with van der Waals surface area (Å²) in [7, 11) is 0. The molecule has 5 heteroatoms. The van der Waals surface area contributed by atoms with E-state index in [0.29, 0.717) is 18.6 Å². The van der Waals surface area contributed by atoms with Crippen LogP contribution in [0.1, 0.15) is 51.4 Å². The topological polar surface area (TPSA) is 66.0 Å². The van der Waals surface area contributed by atoms with E-state index in [0.717, 1.165) is 31.0 Å². The number of nitrogens with zero attached hydrogens (tertiary/aromatic N) is 3. The Balaban J connectivity index is 2.23. The smallest absolute Gasteiger partial charge is 0.162 e. The van der Waals surface area contributed by atoms with Gasteiger partial charge in [0.05, 0.1) is 12.6 Å². The molecule has 2 N–H and O–H groups in total. The molecule has 0 saturated carbocycles. The van der Waals surface area contributed by atoms with Gasteiger partial charge < -0.3 is 15.0 Å². The molecular weight excluding hydrogens is 216 g/mol. The van der Waals surface area contributed by atoms with Gasteiger partial charge in [0.25, 0.3) is 0 Å². The maximum Gasteiger partial charge on any atom is 0.162 e. The van der Waals surface area contributed by atoms with Crippen molar-refractivity contribution in [2.75, 3.05) is 0 Å². The Bertz CT molecular complexity index is 375. The minimum atomic E-state index is 0.0940. The molecule has 17 heavy (non-hydrogen) atoms. The summed E-state index contributed by atoms with van der Waals surface area (Å²) in [6.45, 7) is 7.81. The standard InChI is InChI=1S/C12H22N4O/c1-8(2)7-16-11(6-13)14-15-12(16)10-5-4-9(3)17-10/h8-10H,4-7,13H2,1-3H3. The van der Waals surface area contributed by atoms with Gasteiger partial charge in [-0.15, -0.1) is 10.2 Å². The van der Waals surface area contributed by atoms with Crippen LogP contribution in [0.3, 0.4) is 0 Å². The minimum absolute atomic E-state index is 0.0940. The second-order valence-corrected chi connectivity index (χ2v) is 5.20. The molecule has 0 spiro atoms. The summed E-state index contributed by atoms with van der Waals surface area (Å²) in [5.74, 6) is 2.36. The summed E-state index contributed by atoms with van der Waals surface area (Å²) in [5, 5.41) is 8.43. The van der Waals surface area contributed by atoms with E-state index < -0.39 is 0 Å². The van der Waals surface area contributed by atoms with Gasteiger partial charge in [0.2, 0.25) is 0 Å². The summed E-state index contributed by atoms with van der Waals surface area (Å²) in [6, 6.07) is 0. The van der Waals surface area contributed by atoms with E-state index in [9.17, 15) is 0 Å². The van der Waals surface area contributed by atoms with Crippen molar-refractivity contribution in [3.05, 3.63) is 11.6 Å². The highest BCUT2D eigenvalue weighted by molar-refractivity contribution is 5.01. The zero-order valence-electron chi connectivity index (χ0n) is 10.9. The van der Waals surface area contributed by atoms with E-state index >= 15 is 0 Å². The lowest BCUT2D eigenvalue weighted by Crippen LogP contribution is -2.16. The summed E-state index contributed by atoms with van der Waals surface area (Å²) >= 11 is 0. The van der Waals surface area contributed by atoms with Gasteiger partial charge in [-0.2, -0.15) is 0 Å². The third-order valence-electron chi connectivity index (χ3n) is 3.11. The predicted molar refractivity (Wildman–Crippen MR) is 65.3 cm³/mol. The molecule has 1 aliphatic heterocycles. The highest BCUT2D eigenvalue weighted by Gasteiger charge is 2.28. The molecule has 2 atom stereocenters. The summed E-state index contributed by atoms with van der Waals surface area (Å²) in [6.07, 6.45) is 2.54. The predicted octanol–water partition coefficient (Wildman–Crippen LogP) is 1.63. The van der Waals surface area contributed by atoms with Gasteiger partial charge in [-0.3, -0.25) is 0 Å². The van der Waals surface area contributed by atoms with Crippen molar-refractivity contribution < 1.29 is 4.74 Å².